The quantitative estimate of drug-likeness (QED) is 0.561. The lowest BCUT2D eigenvalue weighted by molar-refractivity contribution is -0.135. The van der Waals surface area contributed by atoms with Gasteiger partial charge < -0.3 is 14.4 Å². The normalized spacial score (nSPS) is 11.0. The van der Waals surface area contributed by atoms with Crippen molar-refractivity contribution >= 4 is 5.91 Å². The van der Waals surface area contributed by atoms with Crippen LogP contribution in [-0.2, 0) is 11.3 Å². The number of hydrogen-bond acceptors (Lipinski definition) is 3. The molecule has 25 heavy (non-hydrogen) atoms. The third-order valence-corrected chi connectivity index (χ3v) is 4.39. The number of ether oxygens (including phenoxy) is 2. The zero-order valence-corrected chi connectivity index (χ0v) is 16.8. The first kappa shape index (κ1) is 21.3. The molecule has 0 bridgehead atoms. The Balaban J connectivity index is 3.07. The van der Waals surface area contributed by atoms with Crippen molar-refractivity contribution in [1.29, 1.82) is 0 Å². The molecule has 0 saturated heterocycles. The van der Waals surface area contributed by atoms with Crippen LogP contribution in [0.2, 0.25) is 0 Å². The molecule has 0 unspecified atom stereocenters. The molecule has 0 aliphatic carbocycles. The summed E-state index contributed by atoms with van der Waals surface area (Å²) in [4.78, 5) is 15.0. The number of benzene rings is 1. The summed E-state index contributed by atoms with van der Waals surface area (Å²) in [6.07, 6.45) is 4.86. The first-order valence-electron chi connectivity index (χ1n) is 9.47. The van der Waals surface area contributed by atoms with E-state index in [1.807, 2.05) is 18.2 Å². The van der Waals surface area contributed by atoms with E-state index < -0.39 is 0 Å². The van der Waals surface area contributed by atoms with E-state index in [9.17, 15) is 4.79 Å². The number of carbonyl (C=O) groups is 1. The van der Waals surface area contributed by atoms with Crippen molar-refractivity contribution in [1.82, 2.24) is 4.90 Å². The van der Waals surface area contributed by atoms with Gasteiger partial charge in [-0.1, -0.05) is 46.6 Å². The fourth-order valence-corrected chi connectivity index (χ4v) is 3.19. The molecule has 4 heteroatoms. The second-order valence-electron chi connectivity index (χ2n) is 7.04. The molecule has 1 aromatic carbocycles. The average molecular weight is 350 g/mol. The molecule has 1 amide bonds. The third kappa shape index (κ3) is 6.60. The predicted molar refractivity (Wildman–Crippen MR) is 103 cm³/mol. The smallest absolute Gasteiger partial charge is 0.223 e. The number of methoxy groups -OCH3 is 2. The standard InChI is InChI=1S/C21H35NO3/c1-7-9-18(10-8-2)22(21(23)13-16(3)4)15-17-11-12-19(24-5)20(14-17)25-6/h11-12,14,16,18H,7-10,13,15H2,1-6H3. The van der Waals surface area contributed by atoms with Crippen molar-refractivity contribution in [3.05, 3.63) is 23.8 Å². The minimum atomic E-state index is 0.247. The van der Waals surface area contributed by atoms with Crippen LogP contribution in [0.25, 0.3) is 0 Å². The van der Waals surface area contributed by atoms with E-state index in [4.69, 9.17) is 9.47 Å². The minimum Gasteiger partial charge on any atom is -0.493 e. The molecule has 0 atom stereocenters. The van der Waals surface area contributed by atoms with Gasteiger partial charge in [-0.3, -0.25) is 4.79 Å². The van der Waals surface area contributed by atoms with Crippen molar-refractivity contribution in [2.75, 3.05) is 14.2 Å². The Morgan fingerprint density at radius 3 is 2.12 bits per heavy atom. The SMILES string of the molecule is CCCC(CCC)N(Cc1ccc(OC)c(OC)c1)C(=O)CC(C)C. The molecular formula is C21H35NO3. The van der Waals surface area contributed by atoms with Crippen LogP contribution in [0.1, 0.15) is 65.4 Å². The van der Waals surface area contributed by atoms with Crippen molar-refractivity contribution < 1.29 is 14.3 Å². The number of nitrogens with zero attached hydrogens (tertiary/aromatic N) is 1. The summed E-state index contributed by atoms with van der Waals surface area (Å²) >= 11 is 0. The van der Waals surface area contributed by atoms with Gasteiger partial charge in [-0.15, -0.1) is 0 Å². The van der Waals surface area contributed by atoms with E-state index in [-0.39, 0.29) is 5.91 Å². The zero-order valence-electron chi connectivity index (χ0n) is 16.8. The molecule has 0 N–H and O–H groups in total. The lowest BCUT2D eigenvalue weighted by Crippen LogP contribution is -2.40. The van der Waals surface area contributed by atoms with Crippen LogP contribution in [0.3, 0.4) is 0 Å². The largest absolute Gasteiger partial charge is 0.493 e. The number of hydrogen-bond donors (Lipinski definition) is 0. The van der Waals surface area contributed by atoms with Crippen LogP contribution in [0.4, 0.5) is 0 Å². The maximum atomic E-state index is 12.9. The van der Waals surface area contributed by atoms with Crippen molar-refractivity contribution in [3.63, 3.8) is 0 Å². The fraction of sp³-hybridized carbons (Fsp3) is 0.667. The highest BCUT2D eigenvalue weighted by molar-refractivity contribution is 5.76. The first-order valence-corrected chi connectivity index (χ1v) is 9.47. The van der Waals surface area contributed by atoms with Crippen molar-refractivity contribution in [3.8, 4) is 11.5 Å². The Morgan fingerprint density at radius 1 is 1.04 bits per heavy atom. The van der Waals surface area contributed by atoms with E-state index >= 15 is 0 Å². The molecule has 0 heterocycles. The number of amides is 1. The van der Waals surface area contributed by atoms with E-state index in [0.29, 0.717) is 36.4 Å². The Bertz CT molecular complexity index is 522. The highest BCUT2D eigenvalue weighted by Gasteiger charge is 2.23. The lowest BCUT2D eigenvalue weighted by atomic mass is 10.0. The van der Waals surface area contributed by atoms with Gasteiger partial charge in [0.15, 0.2) is 11.5 Å². The number of carbonyl (C=O) groups excluding carboxylic acids is 1. The Kier molecular flexibility index (Phi) is 9.40. The first-order chi connectivity index (χ1) is 12.0. The van der Waals surface area contributed by atoms with Crippen LogP contribution in [-0.4, -0.2) is 31.1 Å². The van der Waals surface area contributed by atoms with Gasteiger partial charge in [0.05, 0.1) is 14.2 Å². The van der Waals surface area contributed by atoms with E-state index in [0.717, 1.165) is 31.2 Å². The molecule has 1 aromatic rings. The van der Waals surface area contributed by atoms with Gasteiger partial charge in [-0.2, -0.15) is 0 Å². The molecule has 4 nitrogen and oxygen atoms in total. The van der Waals surface area contributed by atoms with Crippen LogP contribution >= 0.6 is 0 Å². The van der Waals surface area contributed by atoms with Crippen LogP contribution in [0, 0.1) is 5.92 Å². The second-order valence-corrected chi connectivity index (χ2v) is 7.04. The monoisotopic (exact) mass is 349 g/mol. The summed E-state index contributed by atoms with van der Waals surface area (Å²) in [5, 5.41) is 0. The number of rotatable bonds is 11. The molecule has 142 valence electrons. The summed E-state index contributed by atoms with van der Waals surface area (Å²) in [6.45, 7) is 9.19. The maximum absolute atomic E-state index is 12.9. The van der Waals surface area contributed by atoms with E-state index in [1.54, 1.807) is 14.2 Å². The molecule has 0 saturated carbocycles. The van der Waals surface area contributed by atoms with Crippen LogP contribution in [0.5, 0.6) is 11.5 Å². The molecule has 0 radical (unpaired) electrons. The summed E-state index contributed by atoms with van der Waals surface area (Å²) in [5.74, 6) is 2.03. The predicted octanol–water partition coefficient (Wildman–Crippen LogP) is 5.05. The second kappa shape index (κ2) is 11.0. The molecule has 0 fully saturated rings. The molecule has 0 aliphatic rings. The highest BCUT2D eigenvalue weighted by atomic mass is 16.5. The lowest BCUT2D eigenvalue weighted by Gasteiger charge is -2.33. The maximum Gasteiger partial charge on any atom is 0.223 e. The van der Waals surface area contributed by atoms with Gasteiger partial charge in [0, 0.05) is 19.0 Å². The van der Waals surface area contributed by atoms with Gasteiger partial charge in [-0.05, 0) is 36.5 Å². The minimum absolute atomic E-state index is 0.247. The van der Waals surface area contributed by atoms with Gasteiger partial charge in [0.1, 0.15) is 0 Å². The van der Waals surface area contributed by atoms with Gasteiger partial charge >= 0.3 is 0 Å². The molecule has 0 aliphatic heterocycles. The summed E-state index contributed by atoms with van der Waals surface area (Å²) in [6, 6.07) is 6.21. The Labute approximate surface area is 153 Å². The Morgan fingerprint density at radius 2 is 1.64 bits per heavy atom. The molecule has 1 rings (SSSR count). The van der Waals surface area contributed by atoms with Crippen LogP contribution < -0.4 is 9.47 Å². The zero-order chi connectivity index (χ0) is 18.8. The van der Waals surface area contributed by atoms with E-state index in [2.05, 4.69) is 32.6 Å². The van der Waals surface area contributed by atoms with Crippen LogP contribution in [0.15, 0.2) is 18.2 Å². The highest BCUT2D eigenvalue weighted by Crippen LogP contribution is 2.29. The van der Waals surface area contributed by atoms with Crippen molar-refractivity contribution in [2.24, 2.45) is 5.92 Å². The molecule has 0 spiro atoms. The summed E-state index contributed by atoms with van der Waals surface area (Å²) < 4.78 is 10.7. The van der Waals surface area contributed by atoms with Gasteiger partial charge in [0.25, 0.3) is 0 Å². The molecule has 0 aromatic heterocycles. The fourth-order valence-electron chi connectivity index (χ4n) is 3.19. The summed E-state index contributed by atoms with van der Waals surface area (Å²) in [7, 11) is 3.27. The van der Waals surface area contributed by atoms with E-state index in [1.165, 1.54) is 0 Å². The van der Waals surface area contributed by atoms with Gasteiger partial charge in [-0.25, -0.2) is 0 Å². The molecular weight excluding hydrogens is 314 g/mol. The average Bonchev–Trinajstić information content (AvgIpc) is 2.58. The van der Waals surface area contributed by atoms with Crippen molar-refractivity contribution in [2.45, 2.75) is 72.4 Å². The third-order valence-electron chi connectivity index (χ3n) is 4.39. The summed E-state index contributed by atoms with van der Waals surface area (Å²) in [5.41, 5.74) is 1.08. The topological polar surface area (TPSA) is 38.8 Å². The van der Waals surface area contributed by atoms with Gasteiger partial charge in [0.2, 0.25) is 5.91 Å². The Hall–Kier alpha value is -1.71.